The van der Waals surface area contributed by atoms with Gasteiger partial charge < -0.3 is 24.1 Å². The van der Waals surface area contributed by atoms with Gasteiger partial charge in [-0.05, 0) is 19.1 Å². The molecule has 0 unspecified atom stereocenters. The van der Waals surface area contributed by atoms with E-state index in [0.29, 0.717) is 47.7 Å². The largest absolute Gasteiger partial charge is 0.465 e. The molecule has 2 bridgehead atoms. The van der Waals surface area contributed by atoms with Gasteiger partial charge in [0.05, 0.1) is 54.7 Å². The Labute approximate surface area is 203 Å². The fraction of sp³-hybridized carbons (Fsp3) is 0.348. The quantitative estimate of drug-likeness (QED) is 0.429. The molecular formula is C23H21N5O6S. The molecule has 2 saturated heterocycles. The number of carbonyl (C=O) groups is 3. The van der Waals surface area contributed by atoms with Gasteiger partial charge in [0.2, 0.25) is 5.13 Å². The fourth-order valence-electron chi connectivity index (χ4n) is 4.68. The molecule has 0 aliphatic carbocycles. The third kappa shape index (κ3) is 3.48. The van der Waals surface area contributed by atoms with Crippen molar-refractivity contribution >= 4 is 40.4 Å². The van der Waals surface area contributed by atoms with E-state index < -0.39 is 18.0 Å². The van der Waals surface area contributed by atoms with Crippen molar-refractivity contribution in [1.29, 1.82) is 0 Å². The number of esters is 1. The molecule has 3 aromatic rings. The van der Waals surface area contributed by atoms with Crippen molar-refractivity contribution in [2.45, 2.75) is 31.5 Å². The van der Waals surface area contributed by atoms with Crippen LogP contribution in [0.5, 0.6) is 0 Å². The predicted octanol–water partition coefficient (Wildman–Crippen LogP) is 2.53. The average Bonchev–Trinajstić information content (AvgIpc) is 3.56. The van der Waals surface area contributed by atoms with E-state index in [2.05, 4.69) is 20.2 Å². The van der Waals surface area contributed by atoms with Crippen LogP contribution in [0.4, 0.5) is 15.9 Å². The van der Waals surface area contributed by atoms with Crippen LogP contribution in [0.25, 0.3) is 11.3 Å². The second-order valence-electron chi connectivity index (χ2n) is 8.55. The number of nitrogens with zero attached hydrogens (tertiary/aromatic N) is 4. The van der Waals surface area contributed by atoms with Crippen LogP contribution in [0.2, 0.25) is 0 Å². The molecular weight excluding hydrogens is 474 g/mol. The van der Waals surface area contributed by atoms with Crippen LogP contribution in [-0.2, 0) is 20.7 Å². The summed E-state index contributed by atoms with van der Waals surface area (Å²) in [7, 11) is 1.34. The standard InChI is InChI=1S/C23H21N5O6S/c1-11-19(29)28(21(31)25-11)23-26-15-7-14-9-33-10-16(18(15)35-23)27(14)22-24-8-17(34-22)12-4-3-5-13(6-12)20(30)32-2/h3-6,8,11,14,16H,7,9-10H2,1-2H3,(H,25,31)/t11-,14+,16+/m1/s1. The molecule has 12 heteroatoms. The summed E-state index contributed by atoms with van der Waals surface area (Å²) in [5.41, 5.74) is 1.98. The first kappa shape index (κ1) is 21.7. The van der Waals surface area contributed by atoms with Gasteiger partial charge in [-0.15, -0.1) is 0 Å². The van der Waals surface area contributed by atoms with Crippen LogP contribution in [0.15, 0.2) is 34.9 Å². The number of ether oxygens (including phenoxy) is 2. The Morgan fingerprint density at radius 1 is 1.29 bits per heavy atom. The number of carbonyl (C=O) groups excluding carboxylic acids is 3. The lowest BCUT2D eigenvalue weighted by Crippen LogP contribution is -2.51. The highest BCUT2D eigenvalue weighted by Crippen LogP contribution is 2.44. The Balaban J connectivity index is 1.32. The van der Waals surface area contributed by atoms with Crippen molar-refractivity contribution in [3.8, 4) is 11.3 Å². The predicted molar refractivity (Wildman–Crippen MR) is 124 cm³/mol. The topological polar surface area (TPSA) is 127 Å². The van der Waals surface area contributed by atoms with Crippen LogP contribution in [0.1, 0.15) is 33.9 Å². The molecule has 180 valence electrons. The Bertz CT molecular complexity index is 1350. The lowest BCUT2D eigenvalue weighted by molar-refractivity contribution is -0.117. The Kier molecular flexibility index (Phi) is 5.07. The van der Waals surface area contributed by atoms with Crippen LogP contribution in [0, 0.1) is 0 Å². The first-order valence-electron chi connectivity index (χ1n) is 11.1. The second-order valence-corrected chi connectivity index (χ2v) is 9.56. The Morgan fingerprint density at radius 3 is 2.91 bits per heavy atom. The van der Waals surface area contributed by atoms with Gasteiger partial charge in [0, 0.05) is 12.0 Å². The number of benzene rings is 1. The third-order valence-electron chi connectivity index (χ3n) is 6.37. The molecule has 3 atom stereocenters. The number of methoxy groups -OCH3 is 1. The van der Waals surface area contributed by atoms with Crippen molar-refractivity contribution in [2.24, 2.45) is 0 Å². The summed E-state index contributed by atoms with van der Waals surface area (Å²) in [5.74, 6) is -0.222. The average molecular weight is 496 g/mol. The minimum atomic E-state index is -0.578. The summed E-state index contributed by atoms with van der Waals surface area (Å²) in [6.45, 7) is 2.52. The summed E-state index contributed by atoms with van der Waals surface area (Å²) < 4.78 is 16.8. The number of anilines is 2. The number of urea groups is 1. The first-order chi connectivity index (χ1) is 16.9. The number of oxazole rings is 1. The Hall–Kier alpha value is -3.77. The van der Waals surface area contributed by atoms with Gasteiger partial charge >= 0.3 is 12.0 Å². The van der Waals surface area contributed by atoms with Crippen molar-refractivity contribution in [3.63, 3.8) is 0 Å². The molecule has 0 saturated carbocycles. The SMILES string of the molecule is COC(=O)c1cccc(-c2cnc(N3[C@@H]4COC[C@H]3c3sc(N5C(=O)N[C@H](C)C5=O)nc3C4)o2)c1. The molecule has 35 heavy (non-hydrogen) atoms. The minimum Gasteiger partial charge on any atom is -0.465 e. The van der Waals surface area contributed by atoms with E-state index in [0.717, 1.165) is 15.5 Å². The van der Waals surface area contributed by atoms with Crippen LogP contribution in [0.3, 0.4) is 0 Å². The molecule has 2 aromatic heterocycles. The van der Waals surface area contributed by atoms with E-state index in [4.69, 9.17) is 13.9 Å². The fourth-order valence-corrected chi connectivity index (χ4v) is 5.86. The number of rotatable bonds is 4. The van der Waals surface area contributed by atoms with Gasteiger partial charge in [-0.3, -0.25) is 4.79 Å². The minimum absolute atomic E-state index is 0.0638. The summed E-state index contributed by atoms with van der Waals surface area (Å²) in [5, 5.41) is 2.99. The molecule has 0 spiro atoms. The Morgan fingerprint density at radius 2 is 2.14 bits per heavy atom. The van der Waals surface area contributed by atoms with E-state index in [1.807, 2.05) is 6.07 Å². The van der Waals surface area contributed by atoms with Gasteiger partial charge in [0.1, 0.15) is 6.04 Å². The number of morpholine rings is 1. The van der Waals surface area contributed by atoms with Crippen LogP contribution < -0.4 is 15.1 Å². The number of aromatic nitrogens is 2. The summed E-state index contributed by atoms with van der Waals surface area (Å²) in [4.78, 5) is 50.0. The summed E-state index contributed by atoms with van der Waals surface area (Å²) >= 11 is 1.31. The van der Waals surface area contributed by atoms with Gasteiger partial charge in [0.15, 0.2) is 5.76 Å². The van der Waals surface area contributed by atoms with E-state index in [1.165, 1.54) is 18.4 Å². The number of hydrogen-bond acceptors (Lipinski definition) is 10. The number of fused-ring (bicyclic) bond motifs is 4. The smallest absolute Gasteiger partial charge is 0.337 e. The number of hydrogen-bond donors (Lipinski definition) is 1. The van der Waals surface area contributed by atoms with Gasteiger partial charge in [-0.2, -0.15) is 0 Å². The number of amides is 3. The van der Waals surface area contributed by atoms with Crippen LogP contribution in [-0.4, -0.2) is 60.3 Å². The molecule has 1 aromatic carbocycles. The maximum atomic E-state index is 12.5. The molecule has 2 fully saturated rings. The number of nitrogens with one attached hydrogen (secondary N) is 1. The van der Waals surface area contributed by atoms with Crippen LogP contribution >= 0.6 is 11.3 Å². The van der Waals surface area contributed by atoms with E-state index >= 15 is 0 Å². The lowest BCUT2D eigenvalue weighted by Gasteiger charge is -2.43. The van der Waals surface area contributed by atoms with Crippen molar-refractivity contribution in [1.82, 2.24) is 15.3 Å². The molecule has 5 heterocycles. The number of imide groups is 1. The third-order valence-corrected chi connectivity index (χ3v) is 7.55. The van der Waals surface area contributed by atoms with Gasteiger partial charge in [-0.25, -0.2) is 24.5 Å². The second kappa shape index (κ2) is 8.17. The molecule has 11 nitrogen and oxygen atoms in total. The normalized spacial score (nSPS) is 23.3. The molecule has 6 rings (SSSR count). The lowest BCUT2D eigenvalue weighted by atomic mass is 9.97. The molecule has 3 aliphatic rings. The van der Waals surface area contributed by atoms with Crippen molar-refractivity contribution < 1.29 is 28.3 Å². The summed E-state index contributed by atoms with van der Waals surface area (Å²) in [6, 6.07) is 6.09. The summed E-state index contributed by atoms with van der Waals surface area (Å²) in [6.07, 6.45) is 2.20. The number of thiazole rings is 1. The van der Waals surface area contributed by atoms with E-state index in [-0.39, 0.29) is 18.0 Å². The van der Waals surface area contributed by atoms with Crippen molar-refractivity contribution in [3.05, 3.63) is 46.6 Å². The highest BCUT2D eigenvalue weighted by molar-refractivity contribution is 7.16. The maximum absolute atomic E-state index is 12.5. The molecule has 0 radical (unpaired) electrons. The maximum Gasteiger partial charge on any atom is 0.337 e. The van der Waals surface area contributed by atoms with Crippen molar-refractivity contribution in [2.75, 3.05) is 30.1 Å². The zero-order valence-corrected chi connectivity index (χ0v) is 19.7. The molecule has 3 aliphatic heterocycles. The highest BCUT2D eigenvalue weighted by atomic mass is 32.1. The first-order valence-corrected chi connectivity index (χ1v) is 11.9. The monoisotopic (exact) mass is 495 g/mol. The van der Waals surface area contributed by atoms with Gasteiger partial charge in [0.25, 0.3) is 11.9 Å². The van der Waals surface area contributed by atoms with E-state index in [9.17, 15) is 14.4 Å². The zero-order valence-electron chi connectivity index (χ0n) is 18.9. The molecule has 1 N–H and O–H groups in total. The molecule has 3 amide bonds. The zero-order chi connectivity index (χ0) is 24.3. The van der Waals surface area contributed by atoms with Gasteiger partial charge in [-0.1, -0.05) is 23.5 Å². The highest BCUT2D eigenvalue weighted by Gasteiger charge is 2.45. The van der Waals surface area contributed by atoms with E-state index in [1.54, 1.807) is 31.3 Å².